The molecule has 0 N–H and O–H groups in total. The fourth-order valence-corrected chi connectivity index (χ4v) is 5.50. The molecule has 0 saturated carbocycles. The number of sulfonamides is 1. The zero-order chi connectivity index (χ0) is 18.0. The number of aryl methyl sites for hydroxylation is 1. The molecule has 0 unspecified atom stereocenters. The Balaban J connectivity index is 1.79. The van der Waals surface area contributed by atoms with Crippen molar-refractivity contribution in [2.75, 3.05) is 13.6 Å². The van der Waals surface area contributed by atoms with E-state index in [1.165, 1.54) is 4.31 Å². The van der Waals surface area contributed by atoms with Gasteiger partial charge in [0.25, 0.3) is 0 Å². The van der Waals surface area contributed by atoms with Crippen LogP contribution < -0.4 is 0 Å². The van der Waals surface area contributed by atoms with Crippen LogP contribution in [0.1, 0.15) is 23.3 Å². The van der Waals surface area contributed by atoms with E-state index in [1.54, 1.807) is 47.5 Å². The highest BCUT2D eigenvalue weighted by atomic mass is 32.2. The van der Waals surface area contributed by atoms with Gasteiger partial charge in [-0.1, -0.05) is 23.8 Å². The van der Waals surface area contributed by atoms with Crippen molar-refractivity contribution in [2.45, 2.75) is 37.2 Å². The first-order valence-corrected chi connectivity index (χ1v) is 10.6. The Labute approximate surface area is 152 Å². The van der Waals surface area contributed by atoms with E-state index in [9.17, 15) is 13.2 Å². The van der Waals surface area contributed by atoms with Gasteiger partial charge in [0.05, 0.1) is 11.4 Å². The van der Waals surface area contributed by atoms with E-state index >= 15 is 0 Å². The van der Waals surface area contributed by atoms with Gasteiger partial charge in [-0.3, -0.25) is 4.79 Å². The van der Waals surface area contributed by atoms with Gasteiger partial charge in [-0.05, 0) is 43.3 Å². The molecule has 0 aliphatic carbocycles. The first-order valence-electron chi connectivity index (χ1n) is 8.25. The molecule has 3 rings (SSSR count). The van der Waals surface area contributed by atoms with E-state index in [0.717, 1.165) is 10.4 Å². The van der Waals surface area contributed by atoms with Crippen LogP contribution in [0.25, 0.3) is 0 Å². The lowest BCUT2D eigenvalue weighted by Crippen LogP contribution is -2.46. The molecule has 0 bridgehead atoms. The Kier molecular flexibility index (Phi) is 5.27. The Morgan fingerprint density at radius 3 is 2.64 bits per heavy atom. The number of nitrogens with zero attached hydrogens (tertiary/aromatic N) is 2. The molecule has 2 heterocycles. The molecule has 1 fully saturated rings. The molecule has 1 aromatic carbocycles. The van der Waals surface area contributed by atoms with Crippen LogP contribution in [0.2, 0.25) is 0 Å². The van der Waals surface area contributed by atoms with E-state index in [-0.39, 0.29) is 10.8 Å². The molecule has 5 nitrogen and oxygen atoms in total. The highest BCUT2D eigenvalue weighted by molar-refractivity contribution is 7.89. The summed E-state index contributed by atoms with van der Waals surface area (Å²) < 4.78 is 27.3. The lowest BCUT2D eigenvalue weighted by molar-refractivity contribution is -0.133. The van der Waals surface area contributed by atoms with Crippen molar-refractivity contribution < 1.29 is 13.2 Å². The maximum absolute atomic E-state index is 13.0. The van der Waals surface area contributed by atoms with Crippen LogP contribution in [-0.2, 0) is 21.4 Å². The predicted octanol–water partition coefficient (Wildman–Crippen LogP) is 2.87. The molecule has 1 aromatic heterocycles. The van der Waals surface area contributed by atoms with Crippen molar-refractivity contribution in [3.8, 4) is 0 Å². The standard InChI is InChI=1S/C18H22N2O3S2/c1-14-7-9-16(10-8-14)25(22,23)20-11-3-6-17(20)18(21)19(2)13-15-5-4-12-24-15/h4-5,7-10,12,17H,3,6,11,13H2,1-2H3/t17-/m1/s1. The van der Waals surface area contributed by atoms with Crippen molar-refractivity contribution in [2.24, 2.45) is 0 Å². The van der Waals surface area contributed by atoms with Crippen molar-refractivity contribution in [3.05, 3.63) is 52.2 Å². The molecule has 1 aliphatic rings. The number of benzene rings is 1. The molecule has 1 atom stereocenters. The monoisotopic (exact) mass is 378 g/mol. The van der Waals surface area contributed by atoms with E-state index in [0.29, 0.717) is 25.9 Å². The lowest BCUT2D eigenvalue weighted by Gasteiger charge is -2.27. The third kappa shape index (κ3) is 3.78. The van der Waals surface area contributed by atoms with Gasteiger partial charge in [0, 0.05) is 18.5 Å². The van der Waals surface area contributed by atoms with Crippen LogP contribution in [0.4, 0.5) is 0 Å². The summed E-state index contributed by atoms with van der Waals surface area (Å²) >= 11 is 1.59. The first-order chi connectivity index (χ1) is 11.9. The Bertz CT molecular complexity index is 830. The minimum Gasteiger partial charge on any atom is -0.339 e. The molecular weight excluding hydrogens is 356 g/mol. The summed E-state index contributed by atoms with van der Waals surface area (Å²) in [7, 11) is -1.92. The third-order valence-corrected chi connectivity index (χ3v) is 7.25. The first kappa shape index (κ1) is 18.1. The molecule has 7 heteroatoms. The number of thiophene rings is 1. The largest absolute Gasteiger partial charge is 0.339 e. The van der Waals surface area contributed by atoms with E-state index in [4.69, 9.17) is 0 Å². The highest BCUT2D eigenvalue weighted by Gasteiger charge is 2.40. The average Bonchev–Trinajstić information content (AvgIpc) is 3.26. The van der Waals surface area contributed by atoms with Gasteiger partial charge in [0.2, 0.25) is 15.9 Å². The van der Waals surface area contributed by atoms with E-state index < -0.39 is 16.1 Å². The van der Waals surface area contributed by atoms with E-state index in [1.807, 2.05) is 24.4 Å². The van der Waals surface area contributed by atoms with Gasteiger partial charge in [0.15, 0.2) is 0 Å². The van der Waals surface area contributed by atoms with Crippen LogP contribution >= 0.6 is 11.3 Å². The number of likely N-dealkylation sites (N-methyl/N-ethyl adjacent to an activating group) is 1. The van der Waals surface area contributed by atoms with Crippen molar-refractivity contribution >= 4 is 27.3 Å². The van der Waals surface area contributed by atoms with Gasteiger partial charge in [-0.15, -0.1) is 11.3 Å². The smallest absolute Gasteiger partial charge is 0.243 e. The number of hydrogen-bond donors (Lipinski definition) is 0. The molecule has 0 radical (unpaired) electrons. The van der Waals surface area contributed by atoms with Crippen molar-refractivity contribution in [3.63, 3.8) is 0 Å². The lowest BCUT2D eigenvalue weighted by atomic mass is 10.2. The molecule has 1 saturated heterocycles. The highest BCUT2D eigenvalue weighted by Crippen LogP contribution is 2.27. The van der Waals surface area contributed by atoms with Gasteiger partial charge < -0.3 is 4.90 Å². The Morgan fingerprint density at radius 1 is 1.28 bits per heavy atom. The van der Waals surface area contributed by atoms with Crippen LogP contribution in [0.3, 0.4) is 0 Å². The number of carbonyl (C=O) groups is 1. The summed E-state index contributed by atoms with van der Waals surface area (Å²) in [6.45, 7) is 2.81. The number of amides is 1. The zero-order valence-corrected chi connectivity index (χ0v) is 16.0. The summed E-state index contributed by atoms with van der Waals surface area (Å²) in [5.74, 6) is -0.137. The molecular formula is C18H22N2O3S2. The number of rotatable bonds is 5. The SMILES string of the molecule is Cc1ccc(S(=O)(=O)N2CCC[C@@H]2C(=O)N(C)Cc2cccs2)cc1. The second kappa shape index (κ2) is 7.27. The van der Waals surface area contributed by atoms with Crippen molar-refractivity contribution in [1.29, 1.82) is 0 Å². The summed E-state index contributed by atoms with van der Waals surface area (Å²) in [6.07, 6.45) is 1.27. The van der Waals surface area contributed by atoms with Crippen LogP contribution in [0.5, 0.6) is 0 Å². The predicted molar refractivity (Wildman–Crippen MR) is 98.9 cm³/mol. The zero-order valence-electron chi connectivity index (χ0n) is 14.4. The Hall–Kier alpha value is -1.70. The molecule has 0 spiro atoms. The quantitative estimate of drug-likeness (QED) is 0.804. The molecule has 25 heavy (non-hydrogen) atoms. The van der Waals surface area contributed by atoms with Crippen LogP contribution in [0, 0.1) is 6.92 Å². The third-order valence-electron chi connectivity index (χ3n) is 4.47. The molecule has 2 aromatic rings. The fraction of sp³-hybridized carbons (Fsp3) is 0.389. The Morgan fingerprint density at radius 2 is 2.00 bits per heavy atom. The van der Waals surface area contributed by atoms with Crippen LogP contribution in [-0.4, -0.2) is 43.2 Å². The van der Waals surface area contributed by atoms with E-state index in [2.05, 4.69) is 0 Å². The summed E-state index contributed by atoms with van der Waals surface area (Å²) in [6, 6.07) is 10.1. The maximum atomic E-state index is 13.0. The fourth-order valence-electron chi connectivity index (χ4n) is 3.09. The minimum absolute atomic E-state index is 0.137. The molecule has 1 aliphatic heterocycles. The van der Waals surface area contributed by atoms with Gasteiger partial charge in [0.1, 0.15) is 6.04 Å². The van der Waals surface area contributed by atoms with Gasteiger partial charge in [-0.2, -0.15) is 4.31 Å². The van der Waals surface area contributed by atoms with Crippen molar-refractivity contribution in [1.82, 2.24) is 9.21 Å². The molecule has 1 amide bonds. The summed E-state index contributed by atoms with van der Waals surface area (Å²) in [5.41, 5.74) is 1.00. The van der Waals surface area contributed by atoms with Gasteiger partial charge >= 0.3 is 0 Å². The number of hydrogen-bond acceptors (Lipinski definition) is 4. The second-order valence-electron chi connectivity index (χ2n) is 6.36. The topological polar surface area (TPSA) is 57.7 Å². The summed E-state index contributed by atoms with van der Waals surface area (Å²) in [5, 5.41) is 1.97. The van der Waals surface area contributed by atoms with Gasteiger partial charge in [-0.25, -0.2) is 8.42 Å². The average molecular weight is 379 g/mol. The minimum atomic E-state index is -3.66. The number of carbonyl (C=O) groups excluding carboxylic acids is 1. The normalized spacial score (nSPS) is 18.4. The maximum Gasteiger partial charge on any atom is 0.243 e. The van der Waals surface area contributed by atoms with Crippen LogP contribution in [0.15, 0.2) is 46.7 Å². The second-order valence-corrected chi connectivity index (χ2v) is 9.28. The molecule has 134 valence electrons. The summed E-state index contributed by atoms with van der Waals surface area (Å²) in [4.78, 5) is 15.8.